The highest BCUT2D eigenvalue weighted by Gasteiger charge is 2.27. The van der Waals surface area contributed by atoms with E-state index in [4.69, 9.17) is 9.84 Å². The summed E-state index contributed by atoms with van der Waals surface area (Å²) in [5.74, 6) is -0.117. The summed E-state index contributed by atoms with van der Waals surface area (Å²) in [6, 6.07) is 18.2. The van der Waals surface area contributed by atoms with E-state index >= 15 is 0 Å². The highest BCUT2D eigenvalue weighted by Crippen LogP contribution is 2.30. The average molecular weight is 521 g/mol. The van der Waals surface area contributed by atoms with E-state index in [-0.39, 0.29) is 5.91 Å². The maximum Gasteiger partial charge on any atom is 0.276 e. The van der Waals surface area contributed by atoms with E-state index in [0.29, 0.717) is 36.7 Å². The second-order valence-electron chi connectivity index (χ2n) is 8.25. The van der Waals surface area contributed by atoms with Crippen molar-refractivity contribution in [3.63, 3.8) is 0 Å². The number of nitrogens with zero attached hydrogens (tertiary/aromatic N) is 6. The smallest absolute Gasteiger partial charge is 0.276 e. The molecule has 2 aromatic carbocycles. The van der Waals surface area contributed by atoms with Gasteiger partial charge in [0.1, 0.15) is 0 Å². The molecule has 0 aliphatic carbocycles. The highest BCUT2D eigenvalue weighted by atomic mass is 79.9. The number of halogens is 1. The monoisotopic (exact) mass is 520 g/mol. The molecule has 4 aromatic rings. The van der Waals surface area contributed by atoms with E-state index in [1.807, 2.05) is 54.3 Å². The van der Waals surface area contributed by atoms with Crippen LogP contribution in [0.25, 0.3) is 16.8 Å². The number of benzene rings is 2. The number of fused-ring (bicyclic) bond motifs is 1. The van der Waals surface area contributed by atoms with Crippen molar-refractivity contribution < 1.29 is 9.53 Å². The van der Waals surface area contributed by atoms with Crippen LogP contribution in [0.4, 0.5) is 5.69 Å². The summed E-state index contributed by atoms with van der Waals surface area (Å²) in [7, 11) is 1.64. The molecule has 2 aromatic heterocycles. The number of anilines is 1. The van der Waals surface area contributed by atoms with Crippen LogP contribution in [-0.2, 0) is 11.3 Å². The highest BCUT2D eigenvalue weighted by molar-refractivity contribution is 9.10. The van der Waals surface area contributed by atoms with Crippen molar-refractivity contribution in [3.05, 3.63) is 76.2 Å². The van der Waals surface area contributed by atoms with Crippen LogP contribution in [0.5, 0.6) is 0 Å². The van der Waals surface area contributed by atoms with Gasteiger partial charge < -0.3 is 14.5 Å². The van der Waals surface area contributed by atoms with Crippen molar-refractivity contribution in [2.45, 2.75) is 13.5 Å². The van der Waals surface area contributed by atoms with Gasteiger partial charge in [0.2, 0.25) is 0 Å². The molecule has 0 bridgehead atoms. The molecule has 1 saturated heterocycles. The number of methoxy groups -OCH3 is 1. The number of carbonyl (C=O) groups excluding carboxylic acids is 1. The average Bonchev–Trinajstić information content (AvgIpc) is 3.24. The van der Waals surface area contributed by atoms with Crippen molar-refractivity contribution in [1.82, 2.24) is 24.7 Å². The number of hydrogen-bond donors (Lipinski definition) is 0. The first-order chi connectivity index (χ1) is 16.6. The molecule has 0 atom stereocenters. The first kappa shape index (κ1) is 22.5. The molecule has 3 heterocycles. The molecule has 34 heavy (non-hydrogen) atoms. The molecule has 0 unspecified atom stereocenters. The predicted octanol–water partition coefficient (Wildman–Crippen LogP) is 3.97. The van der Waals surface area contributed by atoms with Crippen LogP contribution < -0.4 is 4.90 Å². The summed E-state index contributed by atoms with van der Waals surface area (Å²) in [6.07, 6.45) is 0. The minimum atomic E-state index is -0.117. The molecule has 0 N–H and O–H groups in total. The number of piperazine rings is 1. The first-order valence-corrected chi connectivity index (χ1v) is 11.9. The summed E-state index contributed by atoms with van der Waals surface area (Å²) < 4.78 is 8.09. The molecule has 1 fully saturated rings. The molecular formula is C25H25BrN6O2. The second-order valence-corrected chi connectivity index (χ2v) is 9.16. The third-order valence-corrected chi connectivity index (χ3v) is 6.67. The molecule has 1 aliphatic rings. The Labute approximate surface area is 206 Å². The van der Waals surface area contributed by atoms with Crippen molar-refractivity contribution in [2.24, 2.45) is 0 Å². The molecule has 9 heteroatoms. The molecule has 0 spiro atoms. The Morgan fingerprint density at radius 2 is 1.71 bits per heavy atom. The summed E-state index contributed by atoms with van der Waals surface area (Å²) in [6.45, 7) is 5.01. The number of rotatable bonds is 5. The topological polar surface area (TPSA) is 75.9 Å². The minimum absolute atomic E-state index is 0.117. The van der Waals surface area contributed by atoms with Gasteiger partial charge >= 0.3 is 0 Å². The zero-order chi connectivity index (χ0) is 23.7. The number of ether oxygens (including phenoxy) is 1. The van der Waals surface area contributed by atoms with Gasteiger partial charge in [-0.3, -0.25) is 4.79 Å². The molecule has 0 radical (unpaired) electrons. The van der Waals surface area contributed by atoms with E-state index in [1.165, 1.54) is 5.69 Å². The zero-order valence-corrected chi connectivity index (χ0v) is 20.7. The van der Waals surface area contributed by atoms with E-state index in [9.17, 15) is 4.79 Å². The van der Waals surface area contributed by atoms with Crippen LogP contribution in [0.15, 0.2) is 59.1 Å². The number of hydrogen-bond acceptors (Lipinski definition) is 6. The van der Waals surface area contributed by atoms with E-state index < -0.39 is 0 Å². The van der Waals surface area contributed by atoms with E-state index in [0.717, 1.165) is 34.4 Å². The number of aromatic nitrogens is 4. The number of para-hydroxylation sites is 1. The fourth-order valence-electron chi connectivity index (χ4n) is 4.35. The third kappa shape index (κ3) is 4.17. The summed E-state index contributed by atoms with van der Waals surface area (Å²) in [5.41, 5.74) is 5.36. The molecule has 5 rings (SSSR count). The zero-order valence-electron chi connectivity index (χ0n) is 19.1. The van der Waals surface area contributed by atoms with Gasteiger partial charge in [0.05, 0.1) is 23.6 Å². The summed E-state index contributed by atoms with van der Waals surface area (Å²) in [5, 5.41) is 13.6. The molecule has 1 amide bonds. The van der Waals surface area contributed by atoms with Gasteiger partial charge in [-0.25, -0.2) is 4.52 Å². The standard InChI is InChI=1S/C25H25BrN6O2/c1-17-23(25(33)31-14-12-30(13-15-31)20-6-4-3-5-7-20)27-28-24-22(18-8-10-19(26)11-9-18)21(16-34-2)29-32(17)24/h3-11H,12-16H2,1-2H3. The van der Waals surface area contributed by atoms with Crippen molar-refractivity contribution in [1.29, 1.82) is 0 Å². The Balaban J connectivity index is 1.44. The van der Waals surface area contributed by atoms with E-state index in [1.54, 1.807) is 11.6 Å². The fraction of sp³-hybridized carbons (Fsp3) is 0.280. The molecule has 0 saturated carbocycles. The van der Waals surface area contributed by atoms with Crippen LogP contribution in [0, 0.1) is 6.92 Å². The lowest BCUT2D eigenvalue weighted by atomic mass is 10.1. The fourth-order valence-corrected chi connectivity index (χ4v) is 4.62. The van der Waals surface area contributed by atoms with Gasteiger partial charge in [-0.2, -0.15) is 5.10 Å². The molecule has 174 valence electrons. The quantitative estimate of drug-likeness (QED) is 0.396. The maximum absolute atomic E-state index is 13.4. The molecule has 1 aliphatic heterocycles. The van der Waals surface area contributed by atoms with Crippen LogP contribution in [-0.4, -0.2) is 63.9 Å². The van der Waals surface area contributed by atoms with E-state index in [2.05, 4.69) is 43.2 Å². The normalized spacial score (nSPS) is 14.1. The Bertz CT molecular complexity index is 1320. The summed E-state index contributed by atoms with van der Waals surface area (Å²) in [4.78, 5) is 17.5. The van der Waals surface area contributed by atoms with Gasteiger partial charge in [-0.05, 0) is 36.8 Å². The lowest BCUT2D eigenvalue weighted by Crippen LogP contribution is -2.49. The van der Waals surface area contributed by atoms with Crippen LogP contribution in [0.2, 0.25) is 0 Å². The Morgan fingerprint density at radius 3 is 2.38 bits per heavy atom. The van der Waals surface area contributed by atoms with Gasteiger partial charge in [0.15, 0.2) is 11.3 Å². The van der Waals surface area contributed by atoms with Crippen LogP contribution >= 0.6 is 15.9 Å². The largest absolute Gasteiger partial charge is 0.378 e. The van der Waals surface area contributed by atoms with Crippen molar-refractivity contribution in [2.75, 3.05) is 38.2 Å². The number of amides is 1. The van der Waals surface area contributed by atoms with Gasteiger partial charge in [-0.15, -0.1) is 10.2 Å². The first-order valence-electron chi connectivity index (χ1n) is 11.2. The lowest BCUT2D eigenvalue weighted by Gasteiger charge is -2.36. The van der Waals surface area contributed by atoms with Gasteiger partial charge in [-0.1, -0.05) is 46.3 Å². The molecule has 8 nitrogen and oxygen atoms in total. The summed E-state index contributed by atoms with van der Waals surface area (Å²) >= 11 is 3.48. The Hall–Kier alpha value is -3.30. The molecular weight excluding hydrogens is 496 g/mol. The number of aryl methyl sites for hydroxylation is 1. The Kier molecular flexibility index (Phi) is 6.30. The maximum atomic E-state index is 13.4. The van der Waals surface area contributed by atoms with Crippen molar-refractivity contribution in [3.8, 4) is 11.1 Å². The SMILES string of the molecule is COCc1nn2c(C)c(C(=O)N3CCN(c4ccccc4)CC3)nnc2c1-c1ccc(Br)cc1. The van der Waals surface area contributed by atoms with Gasteiger partial charge in [0, 0.05) is 43.4 Å². The second kappa shape index (κ2) is 9.52. The van der Waals surface area contributed by atoms with Crippen molar-refractivity contribution >= 4 is 33.2 Å². The number of carbonyl (C=O) groups is 1. The Morgan fingerprint density at radius 1 is 1.00 bits per heavy atom. The van der Waals surface area contributed by atoms with Crippen LogP contribution in [0.3, 0.4) is 0 Å². The minimum Gasteiger partial charge on any atom is -0.378 e. The third-order valence-electron chi connectivity index (χ3n) is 6.14. The predicted molar refractivity (Wildman–Crippen MR) is 134 cm³/mol. The van der Waals surface area contributed by atoms with Crippen LogP contribution in [0.1, 0.15) is 21.9 Å². The van der Waals surface area contributed by atoms with Gasteiger partial charge in [0.25, 0.3) is 5.91 Å². The lowest BCUT2D eigenvalue weighted by molar-refractivity contribution is 0.0738.